The Balaban J connectivity index is 1.38. The topological polar surface area (TPSA) is 258 Å². The van der Waals surface area contributed by atoms with E-state index in [0.717, 1.165) is 19.3 Å². The highest BCUT2D eigenvalue weighted by Gasteiger charge is 2.58. The molecule has 1 aliphatic carbocycles. The number of aliphatic hydroxyl groups is 10. The molecule has 4 aliphatic rings. The van der Waals surface area contributed by atoms with Crippen molar-refractivity contribution in [2.24, 2.45) is 5.92 Å². The van der Waals surface area contributed by atoms with E-state index in [0.29, 0.717) is 0 Å². The van der Waals surface area contributed by atoms with Gasteiger partial charge in [0.25, 0.3) is 0 Å². The predicted octanol–water partition coefficient (Wildman–Crippen LogP) is -4.02. The van der Waals surface area contributed by atoms with Crippen molar-refractivity contribution < 1.29 is 79.5 Å². The zero-order valence-electron chi connectivity index (χ0n) is 25.0. The zero-order chi connectivity index (χ0) is 32.6. The van der Waals surface area contributed by atoms with Crippen molar-refractivity contribution in [1.82, 2.24) is 0 Å². The Bertz CT molecular complexity index is 966. The molecule has 16 nitrogen and oxygen atoms in total. The minimum Gasteiger partial charge on any atom is -0.394 e. The summed E-state index contributed by atoms with van der Waals surface area (Å²) in [6.07, 6.45) is -16.4. The van der Waals surface area contributed by atoms with Crippen molar-refractivity contribution in [2.45, 2.75) is 131 Å². The van der Waals surface area contributed by atoms with Crippen LogP contribution in [0.5, 0.6) is 0 Å². The molecule has 0 aromatic rings. The fourth-order valence-electron chi connectivity index (χ4n) is 6.01. The molecule has 0 amide bonds. The van der Waals surface area contributed by atoms with Gasteiger partial charge in [0.05, 0.1) is 25.4 Å². The van der Waals surface area contributed by atoms with E-state index in [2.05, 4.69) is 13.0 Å². The van der Waals surface area contributed by atoms with Crippen LogP contribution in [0.2, 0.25) is 0 Å². The summed E-state index contributed by atoms with van der Waals surface area (Å²) >= 11 is 0. The number of allylic oxidation sites excluding steroid dienone is 2. The van der Waals surface area contributed by atoms with Crippen LogP contribution >= 0.6 is 0 Å². The van der Waals surface area contributed by atoms with E-state index in [4.69, 9.17) is 28.4 Å². The van der Waals surface area contributed by atoms with Gasteiger partial charge in [0, 0.05) is 0 Å². The molecule has 3 saturated heterocycles. The van der Waals surface area contributed by atoms with Crippen LogP contribution in [0.1, 0.15) is 40.0 Å². The smallest absolute Gasteiger partial charge is 0.224 e. The van der Waals surface area contributed by atoms with Gasteiger partial charge < -0.3 is 79.5 Å². The van der Waals surface area contributed by atoms with Crippen LogP contribution < -0.4 is 0 Å². The van der Waals surface area contributed by atoms with E-state index >= 15 is 0 Å². The molecule has 10 N–H and O–H groups in total. The van der Waals surface area contributed by atoms with Crippen LogP contribution in [0.15, 0.2) is 11.6 Å². The van der Waals surface area contributed by atoms with Crippen molar-refractivity contribution >= 4 is 0 Å². The van der Waals surface area contributed by atoms with Crippen molar-refractivity contribution in [1.29, 1.82) is 0 Å². The summed E-state index contributed by atoms with van der Waals surface area (Å²) in [4.78, 5) is 0. The van der Waals surface area contributed by atoms with E-state index in [1.54, 1.807) is 0 Å². The van der Waals surface area contributed by atoms with Crippen LogP contribution in [-0.2, 0) is 28.4 Å². The van der Waals surface area contributed by atoms with Gasteiger partial charge in [0.1, 0.15) is 73.8 Å². The summed E-state index contributed by atoms with van der Waals surface area (Å²) in [5, 5.41) is 103. The minimum absolute atomic E-state index is 0.132. The Morgan fingerprint density at radius 1 is 0.795 bits per heavy atom. The highest BCUT2D eigenvalue weighted by atomic mass is 16.8. The highest BCUT2D eigenvalue weighted by molar-refractivity contribution is 5.05. The second-order valence-electron chi connectivity index (χ2n) is 12.7. The van der Waals surface area contributed by atoms with Crippen LogP contribution in [0.3, 0.4) is 0 Å². The Morgan fingerprint density at radius 3 is 1.93 bits per heavy atom. The maximum Gasteiger partial charge on any atom is 0.224 e. The van der Waals surface area contributed by atoms with Gasteiger partial charge in [-0.05, 0) is 46.0 Å². The van der Waals surface area contributed by atoms with Crippen molar-refractivity contribution in [2.75, 3.05) is 26.4 Å². The lowest BCUT2D eigenvalue weighted by Gasteiger charge is -2.45. The van der Waals surface area contributed by atoms with Crippen LogP contribution in [-0.4, -0.2) is 169 Å². The summed E-state index contributed by atoms with van der Waals surface area (Å²) in [6, 6.07) is 0. The van der Waals surface area contributed by atoms with Crippen LogP contribution in [0.4, 0.5) is 0 Å². The van der Waals surface area contributed by atoms with Crippen LogP contribution in [0, 0.1) is 5.92 Å². The summed E-state index contributed by atoms with van der Waals surface area (Å²) < 4.78 is 33.8. The van der Waals surface area contributed by atoms with Crippen molar-refractivity contribution in [3.05, 3.63) is 11.6 Å². The van der Waals surface area contributed by atoms with E-state index in [9.17, 15) is 51.1 Å². The van der Waals surface area contributed by atoms with E-state index < -0.39 is 111 Å². The second kappa shape index (κ2) is 14.5. The third-order valence-electron chi connectivity index (χ3n) is 9.22. The lowest BCUT2D eigenvalue weighted by atomic mass is 9.79. The normalized spacial score (nSPS) is 47.1. The summed E-state index contributed by atoms with van der Waals surface area (Å²) in [5.41, 5.74) is 0.734. The number of hydrogen-bond donors (Lipinski definition) is 10. The molecule has 44 heavy (non-hydrogen) atoms. The molecule has 15 atom stereocenters. The first-order valence-electron chi connectivity index (χ1n) is 14.9. The maximum atomic E-state index is 10.6. The standard InChI is InChI=1S/C28H48O16/c1-12-4-6-13(7-5-12)27(2,3)40-10-16-18(32)20(34)22(36)25(41-16)39-9-15-17(31)21(35)23(37)26(42-15)44-28(11-30)24(38)19(33)14(8-29)43-28/h4,13-26,29-38H,5-11H2,1-3H3/t13?,14-,15-,16-,17-,18+,19-,20+,21+,22-,23-,24+,25-,26-,28+/m1/s1. The zero-order valence-corrected chi connectivity index (χ0v) is 25.0. The Morgan fingerprint density at radius 2 is 1.39 bits per heavy atom. The van der Waals surface area contributed by atoms with Gasteiger partial charge in [0.15, 0.2) is 12.6 Å². The van der Waals surface area contributed by atoms with Crippen molar-refractivity contribution in [3.63, 3.8) is 0 Å². The molecule has 16 heteroatoms. The first kappa shape index (κ1) is 35.9. The molecule has 1 unspecified atom stereocenters. The molecule has 0 spiro atoms. The molecule has 3 aliphatic heterocycles. The Kier molecular flexibility index (Phi) is 11.8. The molecule has 0 aromatic heterocycles. The van der Waals surface area contributed by atoms with Crippen molar-refractivity contribution in [3.8, 4) is 0 Å². The molecular formula is C28H48O16. The molecule has 0 bridgehead atoms. The maximum absolute atomic E-state index is 10.6. The Hall–Kier alpha value is -0.900. The van der Waals surface area contributed by atoms with E-state index in [1.165, 1.54) is 5.57 Å². The van der Waals surface area contributed by atoms with Crippen LogP contribution in [0.25, 0.3) is 0 Å². The van der Waals surface area contributed by atoms with Gasteiger partial charge in [-0.2, -0.15) is 0 Å². The first-order valence-corrected chi connectivity index (χ1v) is 14.9. The third kappa shape index (κ3) is 7.31. The molecule has 3 heterocycles. The molecule has 0 aromatic carbocycles. The third-order valence-corrected chi connectivity index (χ3v) is 9.22. The molecule has 256 valence electrons. The molecular weight excluding hydrogens is 592 g/mol. The molecule has 3 fully saturated rings. The average Bonchev–Trinajstić information content (AvgIpc) is 3.25. The number of ether oxygens (including phenoxy) is 6. The van der Waals surface area contributed by atoms with Gasteiger partial charge in [-0.1, -0.05) is 11.6 Å². The highest BCUT2D eigenvalue weighted by Crippen LogP contribution is 2.37. The monoisotopic (exact) mass is 640 g/mol. The molecule has 4 rings (SSSR count). The number of aliphatic hydroxyl groups excluding tert-OH is 10. The minimum atomic E-state index is -2.36. The summed E-state index contributed by atoms with van der Waals surface area (Å²) in [5.74, 6) is -2.14. The fourth-order valence-corrected chi connectivity index (χ4v) is 6.01. The first-order chi connectivity index (χ1) is 20.7. The largest absolute Gasteiger partial charge is 0.394 e. The molecule has 0 saturated carbocycles. The lowest BCUT2D eigenvalue weighted by Crippen LogP contribution is -2.63. The fraction of sp³-hybridized carbons (Fsp3) is 0.929. The van der Waals surface area contributed by atoms with E-state index in [-0.39, 0.29) is 12.5 Å². The Labute approximate surface area is 255 Å². The van der Waals surface area contributed by atoms with Gasteiger partial charge in [-0.15, -0.1) is 0 Å². The van der Waals surface area contributed by atoms with E-state index in [1.807, 2.05) is 13.8 Å². The molecule has 0 radical (unpaired) electrons. The van der Waals surface area contributed by atoms with Gasteiger partial charge in [-0.3, -0.25) is 0 Å². The quantitative estimate of drug-likeness (QED) is 0.0965. The van der Waals surface area contributed by atoms with Gasteiger partial charge >= 0.3 is 0 Å². The summed E-state index contributed by atoms with van der Waals surface area (Å²) in [6.45, 7) is 3.43. The summed E-state index contributed by atoms with van der Waals surface area (Å²) in [7, 11) is 0. The number of hydrogen-bond acceptors (Lipinski definition) is 16. The SMILES string of the molecule is CC1=CCC(C(C)(C)OC[C@H]2O[C@@H](OC[C@H]3O[C@H](O[C@]4(CO)O[C@H](CO)[C@@H](O)[C@@H]4O)[C@H](O)[C@@H](O)[C@@H]3O)[C@H](O)[C@@H](O)[C@H]2O)CC1. The van der Waals surface area contributed by atoms with Gasteiger partial charge in [-0.25, -0.2) is 0 Å². The predicted molar refractivity (Wildman–Crippen MR) is 145 cm³/mol. The lowest BCUT2D eigenvalue weighted by molar-refractivity contribution is -0.388. The second-order valence-corrected chi connectivity index (χ2v) is 12.7. The number of rotatable bonds is 11. The average molecular weight is 641 g/mol. The van der Waals surface area contributed by atoms with Gasteiger partial charge in [0.2, 0.25) is 5.79 Å².